The van der Waals surface area contributed by atoms with Gasteiger partial charge < -0.3 is 11.1 Å². The zero-order chi connectivity index (χ0) is 15.6. The number of nitrogens with two attached hydrogens (primary N) is 1. The van der Waals surface area contributed by atoms with E-state index in [4.69, 9.17) is 5.73 Å². The molecule has 0 aliphatic heterocycles. The van der Waals surface area contributed by atoms with Crippen molar-refractivity contribution in [1.29, 1.82) is 0 Å². The molecule has 0 saturated heterocycles. The number of hydrogen-bond donors (Lipinski definition) is 2. The zero-order valence-electron chi connectivity index (χ0n) is 13.0. The molecule has 0 heterocycles. The molecule has 0 spiro atoms. The maximum Gasteiger partial charge on any atom is 0.248 e. The highest BCUT2D eigenvalue weighted by Crippen LogP contribution is 2.27. The first kappa shape index (κ1) is 16.6. The molecule has 4 heteroatoms. The van der Waals surface area contributed by atoms with Crippen LogP contribution in [0.4, 0.5) is 4.39 Å². The Labute approximate surface area is 120 Å². The lowest BCUT2D eigenvalue weighted by atomic mass is 9.82. The monoisotopic (exact) mass is 280 g/mol. The quantitative estimate of drug-likeness (QED) is 0.870. The lowest BCUT2D eigenvalue weighted by Gasteiger charge is -2.33. The smallest absolute Gasteiger partial charge is 0.248 e. The third-order valence-corrected chi connectivity index (χ3v) is 3.07. The molecule has 0 fully saturated rings. The zero-order valence-corrected chi connectivity index (χ0v) is 13.0. The van der Waals surface area contributed by atoms with E-state index < -0.39 is 11.7 Å². The van der Waals surface area contributed by atoms with Crippen LogP contribution in [0.5, 0.6) is 0 Å². The molecule has 1 amide bonds. The van der Waals surface area contributed by atoms with Gasteiger partial charge in [-0.2, -0.15) is 0 Å². The second-order valence-electron chi connectivity index (χ2n) is 7.15. The second-order valence-corrected chi connectivity index (χ2v) is 7.15. The minimum atomic E-state index is -0.614. The van der Waals surface area contributed by atoms with Gasteiger partial charge in [0.05, 0.1) is 0 Å². The molecule has 0 atom stereocenters. The van der Waals surface area contributed by atoms with Crippen LogP contribution in [0, 0.1) is 11.2 Å². The third-order valence-electron chi connectivity index (χ3n) is 3.07. The molecule has 0 aliphatic carbocycles. The number of benzene rings is 1. The molecule has 0 radical (unpaired) electrons. The standard InChI is InChI=1S/C16H25FN2O/c1-15(2,3)10-16(4,5)19-9-12-7-6-11(14(18)20)8-13(12)17/h6-8,19H,9-10H2,1-5H3,(H2,18,20). The lowest BCUT2D eigenvalue weighted by Crippen LogP contribution is -2.42. The molecule has 0 bridgehead atoms. The summed E-state index contributed by atoms with van der Waals surface area (Å²) in [6.07, 6.45) is 0.973. The number of primary amides is 1. The van der Waals surface area contributed by atoms with Crippen molar-refractivity contribution in [1.82, 2.24) is 5.32 Å². The molecule has 1 aromatic carbocycles. The van der Waals surface area contributed by atoms with Crippen molar-refractivity contribution in [2.75, 3.05) is 0 Å². The van der Waals surface area contributed by atoms with Gasteiger partial charge >= 0.3 is 0 Å². The van der Waals surface area contributed by atoms with E-state index >= 15 is 0 Å². The Balaban J connectivity index is 2.73. The van der Waals surface area contributed by atoms with Gasteiger partial charge in [-0.25, -0.2) is 4.39 Å². The Bertz CT molecular complexity index is 490. The molecule has 0 unspecified atom stereocenters. The van der Waals surface area contributed by atoms with Crippen LogP contribution in [-0.2, 0) is 6.54 Å². The number of amides is 1. The Morgan fingerprint density at radius 2 is 1.85 bits per heavy atom. The molecule has 3 nitrogen and oxygen atoms in total. The maximum absolute atomic E-state index is 13.9. The van der Waals surface area contributed by atoms with Crippen molar-refractivity contribution in [3.05, 3.63) is 35.1 Å². The summed E-state index contributed by atoms with van der Waals surface area (Å²) in [6, 6.07) is 4.35. The molecule has 0 aromatic heterocycles. The van der Waals surface area contributed by atoms with Crippen molar-refractivity contribution < 1.29 is 9.18 Å². The van der Waals surface area contributed by atoms with Crippen LogP contribution in [-0.4, -0.2) is 11.4 Å². The fraction of sp³-hybridized carbons (Fsp3) is 0.562. The Morgan fingerprint density at radius 1 is 1.25 bits per heavy atom. The topological polar surface area (TPSA) is 55.1 Å². The molecule has 3 N–H and O–H groups in total. The van der Waals surface area contributed by atoms with Gasteiger partial charge in [0.25, 0.3) is 0 Å². The fourth-order valence-electron chi connectivity index (χ4n) is 2.57. The first-order chi connectivity index (χ1) is 9.00. The highest BCUT2D eigenvalue weighted by atomic mass is 19.1. The molecular weight excluding hydrogens is 255 g/mol. The Kier molecular flexibility index (Phi) is 4.92. The summed E-state index contributed by atoms with van der Waals surface area (Å²) in [5, 5.41) is 3.37. The molecule has 1 rings (SSSR count). The number of halogens is 1. The summed E-state index contributed by atoms with van der Waals surface area (Å²) in [5.74, 6) is -1.02. The van der Waals surface area contributed by atoms with Crippen molar-refractivity contribution in [2.45, 2.75) is 53.1 Å². The lowest BCUT2D eigenvalue weighted by molar-refractivity contribution is 0.0999. The SMILES string of the molecule is CC(C)(C)CC(C)(C)NCc1ccc(C(N)=O)cc1F. The van der Waals surface area contributed by atoms with Crippen molar-refractivity contribution in [2.24, 2.45) is 11.1 Å². The van der Waals surface area contributed by atoms with Crippen LogP contribution in [0.2, 0.25) is 0 Å². The third kappa shape index (κ3) is 5.29. The van der Waals surface area contributed by atoms with E-state index in [0.29, 0.717) is 12.1 Å². The van der Waals surface area contributed by atoms with Crippen molar-refractivity contribution in [3.8, 4) is 0 Å². The first-order valence-electron chi connectivity index (χ1n) is 6.83. The van der Waals surface area contributed by atoms with Gasteiger partial charge in [-0.15, -0.1) is 0 Å². The Hall–Kier alpha value is -1.42. The van der Waals surface area contributed by atoms with Gasteiger partial charge in [0.1, 0.15) is 5.82 Å². The van der Waals surface area contributed by atoms with Crippen LogP contribution >= 0.6 is 0 Å². The predicted octanol–water partition coefficient (Wildman–Crippen LogP) is 3.23. The highest BCUT2D eigenvalue weighted by molar-refractivity contribution is 5.92. The summed E-state index contributed by atoms with van der Waals surface area (Å²) >= 11 is 0. The minimum Gasteiger partial charge on any atom is -0.366 e. The van der Waals surface area contributed by atoms with E-state index in [1.165, 1.54) is 6.07 Å². The van der Waals surface area contributed by atoms with Gasteiger partial charge in [0.2, 0.25) is 5.91 Å². The highest BCUT2D eigenvalue weighted by Gasteiger charge is 2.25. The molecule has 0 aliphatic rings. The van der Waals surface area contributed by atoms with Gasteiger partial charge in [0, 0.05) is 23.2 Å². The van der Waals surface area contributed by atoms with Gasteiger partial charge in [-0.05, 0) is 37.8 Å². The fourth-order valence-corrected chi connectivity index (χ4v) is 2.57. The van der Waals surface area contributed by atoms with Crippen molar-refractivity contribution in [3.63, 3.8) is 0 Å². The maximum atomic E-state index is 13.9. The number of rotatable bonds is 5. The summed E-state index contributed by atoms with van der Waals surface area (Å²) in [6.45, 7) is 11.2. The molecule has 112 valence electrons. The van der Waals surface area contributed by atoms with Crippen LogP contribution in [0.1, 0.15) is 57.0 Å². The largest absolute Gasteiger partial charge is 0.366 e. The number of hydrogen-bond acceptors (Lipinski definition) is 2. The molecular formula is C16H25FN2O. The van der Waals surface area contributed by atoms with Crippen LogP contribution in [0.3, 0.4) is 0 Å². The first-order valence-corrected chi connectivity index (χ1v) is 6.83. The number of carbonyl (C=O) groups is 1. The predicted molar refractivity (Wildman–Crippen MR) is 79.9 cm³/mol. The number of carbonyl (C=O) groups excluding carboxylic acids is 1. The van der Waals surface area contributed by atoms with Gasteiger partial charge in [-0.3, -0.25) is 4.79 Å². The van der Waals surface area contributed by atoms with Crippen LogP contribution in [0.15, 0.2) is 18.2 Å². The van der Waals surface area contributed by atoms with Gasteiger partial charge in [-0.1, -0.05) is 26.8 Å². The number of nitrogens with one attached hydrogen (secondary N) is 1. The van der Waals surface area contributed by atoms with E-state index in [2.05, 4.69) is 39.9 Å². The van der Waals surface area contributed by atoms with E-state index in [-0.39, 0.29) is 16.5 Å². The molecule has 0 saturated carbocycles. The Morgan fingerprint density at radius 3 is 2.30 bits per heavy atom. The molecule has 20 heavy (non-hydrogen) atoms. The minimum absolute atomic E-state index is 0.0902. The van der Waals surface area contributed by atoms with Gasteiger partial charge in [0.15, 0.2) is 0 Å². The van der Waals surface area contributed by atoms with E-state index in [1.807, 2.05) is 0 Å². The van der Waals surface area contributed by atoms with E-state index in [9.17, 15) is 9.18 Å². The summed E-state index contributed by atoms with van der Waals surface area (Å²) in [7, 11) is 0. The van der Waals surface area contributed by atoms with E-state index in [0.717, 1.165) is 6.42 Å². The summed E-state index contributed by atoms with van der Waals surface area (Å²) < 4.78 is 13.9. The average molecular weight is 280 g/mol. The van der Waals surface area contributed by atoms with Crippen molar-refractivity contribution >= 4 is 5.91 Å². The average Bonchev–Trinajstić information content (AvgIpc) is 2.23. The van der Waals surface area contributed by atoms with Crippen LogP contribution in [0.25, 0.3) is 0 Å². The summed E-state index contributed by atoms with van der Waals surface area (Å²) in [5.41, 5.74) is 5.97. The van der Waals surface area contributed by atoms with Crippen LogP contribution < -0.4 is 11.1 Å². The summed E-state index contributed by atoms with van der Waals surface area (Å²) in [4.78, 5) is 11.0. The van der Waals surface area contributed by atoms with E-state index in [1.54, 1.807) is 12.1 Å². The normalized spacial score (nSPS) is 12.5. The molecule has 1 aromatic rings. The second kappa shape index (κ2) is 5.92.